The number of esters is 1. The molecule has 1 unspecified atom stereocenters. The van der Waals surface area contributed by atoms with E-state index < -0.39 is 28.3 Å². The van der Waals surface area contributed by atoms with Crippen molar-refractivity contribution in [1.29, 1.82) is 0 Å². The van der Waals surface area contributed by atoms with E-state index in [-0.39, 0.29) is 12.0 Å². The van der Waals surface area contributed by atoms with Crippen LogP contribution in [0, 0.1) is 0 Å². The largest absolute Gasteiger partial charge is 0.458 e. The number of ether oxygens (including phenoxy) is 2. The summed E-state index contributed by atoms with van der Waals surface area (Å²) in [5.41, 5.74) is 0.185. The molecule has 0 radical (unpaired) electrons. The quantitative estimate of drug-likeness (QED) is 0.261. The van der Waals surface area contributed by atoms with Crippen LogP contribution >= 0.6 is 34.8 Å². The summed E-state index contributed by atoms with van der Waals surface area (Å²) < 4.78 is 7.25. The van der Waals surface area contributed by atoms with Gasteiger partial charge in [-0.25, -0.2) is 4.79 Å². The molecule has 0 aliphatic rings. The van der Waals surface area contributed by atoms with Gasteiger partial charge in [-0.2, -0.15) is 0 Å². The molecule has 5 nitrogen and oxygen atoms in total. The minimum atomic E-state index is -1.82. The molecule has 8 heteroatoms. The Labute approximate surface area is 129 Å². The first-order chi connectivity index (χ1) is 9.35. The number of hydrogen-bond donors (Lipinski definition) is 0. The van der Waals surface area contributed by atoms with Gasteiger partial charge in [-0.15, -0.1) is 0 Å². The second-order valence-electron chi connectivity index (χ2n) is 3.57. The summed E-state index contributed by atoms with van der Waals surface area (Å²) in [5, 5.41) is 0. The monoisotopic (exact) mass is 338 g/mol. The minimum Gasteiger partial charge on any atom is -0.458 e. The number of halogens is 3. The van der Waals surface area contributed by atoms with Crippen molar-refractivity contribution in [2.24, 2.45) is 0 Å². The maximum Gasteiger partial charge on any atom is 0.355 e. The molecule has 108 valence electrons. The third-order valence-corrected chi connectivity index (χ3v) is 2.41. The number of carbonyl (C=O) groups is 3. The Morgan fingerprint density at radius 1 is 1.20 bits per heavy atom. The molecule has 1 aromatic carbocycles. The Kier molecular flexibility index (Phi) is 6.26. The molecule has 1 aromatic rings. The number of rotatable bonds is 6. The molecule has 0 bridgehead atoms. The number of ketones is 1. The highest BCUT2D eigenvalue weighted by Crippen LogP contribution is 2.26. The molecule has 0 aliphatic carbocycles. The molecule has 0 saturated heterocycles. The number of alkyl halides is 3. The first-order valence-corrected chi connectivity index (χ1v) is 6.40. The van der Waals surface area contributed by atoms with E-state index in [2.05, 4.69) is 9.47 Å². The lowest BCUT2D eigenvalue weighted by atomic mass is 10.1. The fourth-order valence-corrected chi connectivity index (χ4v) is 1.43. The average molecular weight is 340 g/mol. The summed E-state index contributed by atoms with van der Waals surface area (Å²) in [7, 11) is 0. The van der Waals surface area contributed by atoms with Crippen molar-refractivity contribution < 1.29 is 23.9 Å². The Morgan fingerprint density at radius 3 is 2.30 bits per heavy atom. The first kappa shape index (κ1) is 16.8. The summed E-state index contributed by atoms with van der Waals surface area (Å²) >= 11 is 16.2. The van der Waals surface area contributed by atoms with Crippen LogP contribution in [0.5, 0.6) is 0 Å². The van der Waals surface area contributed by atoms with Crippen LogP contribution in [-0.2, 0) is 19.1 Å². The van der Waals surface area contributed by atoms with E-state index >= 15 is 0 Å². The fraction of sp³-hybridized carbons (Fsp3) is 0.250. The molecular weight excluding hydrogens is 330 g/mol. The zero-order chi connectivity index (χ0) is 15.2. The van der Waals surface area contributed by atoms with Crippen molar-refractivity contribution in [3.05, 3.63) is 35.9 Å². The van der Waals surface area contributed by atoms with Crippen molar-refractivity contribution >= 4 is 53.0 Å². The second kappa shape index (κ2) is 7.47. The van der Waals surface area contributed by atoms with Crippen LogP contribution < -0.4 is 0 Å². The van der Waals surface area contributed by atoms with Gasteiger partial charge >= 0.3 is 5.97 Å². The number of carbonyl (C=O) groups excluding carboxylic acids is 3. The molecule has 0 N–H and O–H groups in total. The maximum absolute atomic E-state index is 12.0. The van der Waals surface area contributed by atoms with Crippen LogP contribution in [-0.4, -0.2) is 34.7 Å². The summed E-state index contributed by atoms with van der Waals surface area (Å²) in [5.74, 6) is -1.84. The Morgan fingerprint density at radius 2 is 1.80 bits per heavy atom. The van der Waals surface area contributed by atoms with Crippen LogP contribution in [0.15, 0.2) is 30.3 Å². The number of benzene rings is 1. The van der Waals surface area contributed by atoms with Crippen LogP contribution in [0.4, 0.5) is 0 Å². The molecule has 1 atom stereocenters. The molecule has 20 heavy (non-hydrogen) atoms. The third-order valence-electron chi connectivity index (χ3n) is 2.08. The average Bonchev–Trinajstić information content (AvgIpc) is 2.41. The molecule has 0 aromatic heterocycles. The number of Topliss-reactive ketones (excluding diaryl/α,β-unsaturated/α-hetero) is 1. The molecule has 0 fully saturated rings. The number of hydrogen-bond acceptors (Lipinski definition) is 5. The van der Waals surface area contributed by atoms with Gasteiger partial charge in [-0.3, -0.25) is 9.59 Å². The highest BCUT2D eigenvalue weighted by molar-refractivity contribution is 6.67. The van der Waals surface area contributed by atoms with Gasteiger partial charge in [0.2, 0.25) is 9.58 Å². The minimum absolute atomic E-state index is 0.0257. The lowest BCUT2D eigenvalue weighted by Crippen LogP contribution is -2.36. The second-order valence-corrected chi connectivity index (χ2v) is 6.08. The molecule has 0 heterocycles. The van der Waals surface area contributed by atoms with Crippen molar-refractivity contribution in [3.63, 3.8) is 0 Å². The van der Waals surface area contributed by atoms with E-state index in [0.29, 0.717) is 0 Å². The Balaban J connectivity index is 2.80. The highest BCUT2D eigenvalue weighted by Gasteiger charge is 2.33. The summed E-state index contributed by atoms with van der Waals surface area (Å²) in [4.78, 5) is 34.1. The Bertz CT molecular complexity index is 484. The lowest BCUT2D eigenvalue weighted by Gasteiger charge is -2.16. The van der Waals surface area contributed by atoms with E-state index in [4.69, 9.17) is 34.8 Å². The smallest absolute Gasteiger partial charge is 0.355 e. The molecular formula is C12H9Cl3O5. The standard InChI is InChI=1S/C12H9Cl3O5/c13-12(14,15)6-19-11(18)10(20-7-16)9(17)8-4-2-1-3-5-8/h1-5,7,10H,6H2. The van der Waals surface area contributed by atoms with Gasteiger partial charge in [0.25, 0.3) is 12.6 Å². The predicted molar refractivity (Wildman–Crippen MR) is 73.0 cm³/mol. The SMILES string of the molecule is O=COC(C(=O)OCC(Cl)(Cl)Cl)C(=O)c1ccccc1. The van der Waals surface area contributed by atoms with Crippen LogP contribution in [0.1, 0.15) is 10.4 Å². The van der Waals surface area contributed by atoms with Crippen LogP contribution in [0.25, 0.3) is 0 Å². The molecule has 0 amide bonds. The van der Waals surface area contributed by atoms with Gasteiger partial charge in [-0.1, -0.05) is 65.1 Å². The summed E-state index contributed by atoms with van der Waals surface area (Å²) in [6, 6.07) is 7.81. The maximum atomic E-state index is 12.0. The molecule has 1 rings (SSSR count). The fourth-order valence-electron chi connectivity index (χ4n) is 1.26. The molecule has 0 saturated carbocycles. The van der Waals surface area contributed by atoms with E-state index in [0.717, 1.165) is 0 Å². The van der Waals surface area contributed by atoms with Crippen molar-refractivity contribution in [3.8, 4) is 0 Å². The highest BCUT2D eigenvalue weighted by atomic mass is 35.6. The van der Waals surface area contributed by atoms with Gasteiger partial charge in [0, 0.05) is 5.56 Å². The van der Waals surface area contributed by atoms with Gasteiger partial charge < -0.3 is 9.47 Å². The van der Waals surface area contributed by atoms with E-state index in [1.807, 2.05) is 0 Å². The van der Waals surface area contributed by atoms with Gasteiger partial charge in [0.15, 0.2) is 0 Å². The van der Waals surface area contributed by atoms with E-state index in [1.165, 1.54) is 12.1 Å². The van der Waals surface area contributed by atoms with Gasteiger partial charge in [0.05, 0.1) is 0 Å². The Hall–Kier alpha value is -1.30. The summed E-state index contributed by atoms with van der Waals surface area (Å²) in [6.45, 7) is -0.598. The van der Waals surface area contributed by atoms with Crippen LogP contribution in [0.3, 0.4) is 0 Å². The lowest BCUT2D eigenvalue weighted by molar-refractivity contribution is -0.158. The van der Waals surface area contributed by atoms with Crippen molar-refractivity contribution in [1.82, 2.24) is 0 Å². The third kappa shape index (κ3) is 5.36. The van der Waals surface area contributed by atoms with Gasteiger partial charge in [0.1, 0.15) is 6.61 Å². The normalized spacial score (nSPS) is 12.3. The zero-order valence-corrected chi connectivity index (χ0v) is 12.2. The zero-order valence-electron chi connectivity index (χ0n) is 9.92. The van der Waals surface area contributed by atoms with Crippen LogP contribution in [0.2, 0.25) is 0 Å². The van der Waals surface area contributed by atoms with Crippen molar-refractivity contribution in [2.45, 2.75) is 9.90 Å². The van der Waals surface area contributed by atoms with Crippen molar-refractivity contribution in [2.75, 3.05) is 6.61 Å². The summed E-state index contributed by atoms with van der Waals surface area (Å²) in [6.07, 6.45) is -1.73. The first-order valence-electron chi connectivity index (χ1n) is 5.27. The predicted octanol–water partition coefficient (Wildman–Crippen LogP) is 2.32. The van der Waals surface area contributed by atoms with E-state index in [9.17, 15) is 14.4 Å². The van der Waals surface area contributed by atoms with Gasteiger partial charge in [-0.05, 0) is 0 Å². The molecule has 0 aliphatic heterocycles. The molecule has 0 spiro atoms. The topological polar surface area (TPSA) is 69.7 Å². The van der Waals surface area contributed by atoms with E-state index in [1.54, 1.807) is 18.2 Å².